The maximum atomic E-state index is 13.2. The molecular weight excluding hydrogens is 445 g/mol. The van der Waals surface area contributed by atoms with Gasteiger partial charge in [-0.3, -0.25) is 9.59 Å². The predicted octanol–water partition coefficient (Wildman–Crippen LogP) is 3.56. The lowest BCUT2D eigenvalue weighted by atomic mass is 9.86. The van der Waals surface area contributed by atoms with Crippen LogP contribution < -0.4 is 15.8 Å². The third-order valence-corrected chi connectivity index (χ3v) is 6.76. The van der Waals surface area contributed by atoms with Crippen LogP contribution >= 0.6 is 11.6 Å². The summed E-state index contributed by atoms with van der Waals surface area (Å²) in [6, 6.07) is 11.8. The van der Waals surface area contributed by atoms with Gasteiger partial charge in [0.15, 0.2) is 6.61 Å². The van der Waals surface area contributed by atoms with Gasteiger partial charge in [-0.05, 0) is 73.9 Å². The van der Waals surface area contributed by atoms with Crippen molar-refractivity contribution in [1.29, 1.82) is 0 Å². The van der Waals surface area contributed by atoms with Gasteiger partial charge in [-0.15, -0.1) is 0 Å². The molecule has 0 spiro atoms. The molecule has 2 aromatic carbocycles. The first-order valence-corrected chi connectivity index (χ1v) is 11.8. The van der Waals surface area contributed by atoms with E-state index in [0.29, 0.717) is 29.8 Å². The normalized spacial score (nSPS) is 21.7. The Balaban J connectivity index is 1.36. The number of carbonyl (C=O) groups is 2. The molecule has 8 heteroatoms. The topological polar surface area (TPSA) is 84.7 Å². The zero-order valence-corrected chi connectivity index (χ0v) is 19.2. The van der Waals surface area contributed by atoms with E-state index in [1.165, 1.54) is 18.2 Å². The molecule has 2 heterocycles. The number of hydrogen-bond donors (Lipinski definition) is 2. The molecule has 2 saturated heterocycles. The fraction of sp³-hybridized carbons (Fsp3) is 0.440. The quantitative estimate of drug-likeness (QED) is 0.614. The van der Waals surface area contributed by atoms with Crippen LogP contribution in [0.25, 0.3) is 0 Å². The first kappa shape index (κ1) is 23.5. The molecule has 2 unspecified atom stereocenters. The molecular formula is C25H29ClFN3O3. The van der Waals surface area contributed by atoms with Gasteiger partial charge in [0.2, 0.25) is 0 Å². The van der Waals surface area contributed by atoms with Crippen molar-refractivity contribution >= 4 is 23.4 Å². The molecule has 33 heavy (non-hydrogen) atoms. The Hall–Kier alpha value is -2.64. The molecule has 4 rings (SSSR count). The minimum absolute atomic E-state index is 0.0639. The number of piperidine rings is 1. The summed E-state index contributed by atoms with van der Waals surface area (Å²) in [4.78, 5) is 27.5. The van der Waals surface area contributed by atoms with E-state index in [1.807, 2.05) is 17.0 Å². The molecule has 176 valence electrons. The third-order valence-electron chi connectivity index (χ3n) is 6.52. The van der Waals surface area contributed by atoms with Crippen molar-refractivity contribution in [3.63, 3.8) is 0 Å². The van der Waals surface area contributed by atoms with Crippen molar-refractivity contribution in [1.82, 2.24) is 10.2 Å². The molecule has 2 bridgehead atoms. The predicted molar refractivity (Wildman–Crippen MR) is 125 cm³/mol. The maximum Gasteiger partial charge on any atom is 0.261 e. The summed E-state index contributed by atoms with van der Waals surface area (Å²) in [5.74, 6) is 0.172. The average molecular weight is 474 g/mol. The smallest absolute Gasteiger partial charge is 0.261 e. The number of carbonyl (C=O) groups excluding carboxylic acids is 2. The summed E-state index contributed by atoms with van der Waals surface area (Å²) < 4.78 is 19.0. The Bertz CT molecular complexity index is 987. The highest BCUT2D eigenvalue weighted by Crippen LogP contribution is 2.40. The fourth-order valence-corrected chi connectivity index (χ4v) is 5.29. The van der Waals surface area contributed by atoms with Crippen LogP contribution in [0.2, 0.25) is 5.02 Å². The molecule has 0 saturated carbocycles. The molecule has 2 amide bonds. The van der Waals surface area contributed by atoms with Crippen molar-refractivity contribution in [3.8, 4) is 5.75 Å². The lowest BCUT2D eigenvalue weighted by Crippen LogP contribution is -2.48. The monoisotopic (exact) mass is 473 g/mol. The number of hydrogen-bond acceptors (Lipinski definition) is 4. The Morgan fingerprint density at radius 2 is 1.82 bits per heavy atom. The van der Waals surface area contributed by atoms with Gasteiger partial charge in [0.25, 0.3) is 11.8 Å². The third kappa shape index (κ3) is 5.65. The van der Waals surface area contributed by atoms with Crippen molar-refractivity contribution < 1.29 is 18.7 Å². The average Bonchev–Trinajstić information content (AvgIpc) is 3.08. The molecule has 0 radical (unpaired) electrons. The first-order valence-electron chi connectivity index (χ1n) is 11.4. The minimum atomic E-state index is -0.341. The van der Waals surface area contributed by atoms with E-state index in [4.69, 9.17) is 22.1 Å². The molecule has 0 aromatic heterocycles. The number of nitrogens with two attached hydrogens (primary N) is 1. The molecule has 3 N–H and O–H groups in total. The largest absolute Gasteiger partial charge is 0.483 e. The highest BCUT2D eigenvalue weighted by atomic mass is 35.5. The summed E-state index contributed by atoms with van der Waals surface area (Å²) in [5.41, 5.74) is 6.87. The van der Waals surface area contributed by atoms with Gasteiger partial charge < -0.3 is 20.7 Å². The van der Waals surface area contributed by atoms with Gasteiger partial charge in [0, 0.05) is 30.2 Å². The molecule has 2 atom stereocenters. The van der Waals surface area contributed by atoms with Gasteiger partial charge in [-0.2, -0.15) is 0 Å². The number of nitrogens with one attached hydrogen (secondary N) is 1. The molecule has 2 aliphatic heterocycles. The fourth-order valence-electron chi connectivity index (χ4n) is 5.12. The Morgan fingerprint density at radius 1 is 1.12 bits per heavy atom. The van der Waals surface area contributed by atoms with E-state index < -0.39 is 0 Å². The lowest BCUT2D eigenvalue weighted by Gasteiger charge is -2.39. The second kappa shape index (κ2) is 10.5. The number of halogens is 2. The van der Waals surface area contributed by atoms with Crippen molar-refractivity contribution in [2.24, 2.45) is 11.7 Å². The molecule has 2 aromatic rings. The maximum absolute atomic E-state index is 13.2. The Morgan fingerprint density at radius 3 is 2.48 bits per heavy atom. The Kier molecular flexibility index (Phi) is 7.50. The standard InChI is InChI=1S/C25H29ClFN3O3/c26-18-3-8-23(22(14-18)25(32)29-10-9-28)33-15-24(31)30-20-6-7-21(30)13-17(12-20)11-16-1-4-19(27)5-2-16/h1-5,8,14,17,20-21H,6-7,9-13,15,28H2,(H,29,32). The summed E-state index contributed by atoms with van der Waals surface area (Å²) in [6.07, 6.45) is 4.76. The van der Waals surface area contributed by atoms with Gasteiger partial charge in [-0.1, -0.05) is 23.7 Å². The zero-order chi connectivity index (χ0) is 23.4. The summed E-state index contributed by atoms with van der Waals surface area (Å²) in [7, 11) is 0. The van der Waals surface area contributed by atoms with Gasteiger partial charge >= 0.3 is 0 Å². The number of nitrogens with zero attached hydrogens (tertiary/aromatic N) is 1. The highest BCUT2D eigenvalue weighted by Gasteiger charge is 2.43. The van der Waals surface area contributed by atoms with E-state index >= 15 is 0 Å². The van der Waals surface area contributed by atoms with Crippen molar-refractivity contribution in [2.45, 2.75) is 44.2 Å². The number of amides is 2. The van der Waals surface area contributed by atoms with Gasteiger partial charge in [0.05, 0.1) is 5.56 Å². The summed E-state index contributed by atoms with van der Waals surface area (Å²) in [5, 5.41) is 3.11. The van der Waals surface area contributed by atoms with Gasteiger partial charge in [0.1, 0.15) is 11.6 Å². The number of benzene rings is 2. The van der Waals surface area contributed by atoms with Crippen molar-refractivity contribution in [3.05, 3.63) is 64.4 Å². The van der Waals surface area contributed by atoms with Crippen molar-refractivity contribution in [2.75, 3.05) is 19.7 Å². The minimum Gasteiger partial charge on any atom is -0.483 e. The highest BCUT2D eigenvalue weighted by molar-refractivity contribution is 6.31. The molecule has 2 fully saturated rings. The SMILES string of the molecule is NCCNC(=O)c1cc(Cl)ccc1OCC(=O)N1C2CCC1CC(Cc1ccc(F)cc1)C2. The van der Waals surface area contributed by atoms with Crippen LogP contribution in [0.5, 0.6) is 5.75 Å². The number of rotatable bonds is 8. The van der Waals surface area contributed by atoms with E-state index in [1.54, 1.807) is 12.1 Å². The zero-order valence-electron chi connectivity index (χ0n) is 18.4. The first-order chi connectivity index (χ1) is 15.9. The van der Waals surface area contributed by atoms with Crippen LogP contribution in [-0.2, 0) is 11.2 Å². The van der Waals surface area contributed by atoms with Crippen LogP contribution in [-0.4, -0.2) is 48.5 Å². The van der Waals surface area contributed by atoms with E-state index in [2.05, 4.69) is 5.32 Å². The summed E-state index contributed by atoms with van der Waals surface area (Å²) in [6.45, 7) is 0.523. The Labute approximate surface area is 198 Å². The van der Waals surface area contributed by atoms with E-state index in [0.717, 1.165) is 37.7 Å². The molecule has 6 nitrogen and oxygen atoms in total. The van der Waals surface area contributed by atoms with E-state index in [-0.39, 0.29) is 41.9 Å². The van der Waals surface area contributed by atoms with Crippen LogP contribution in [0.4, 0.5) is 4.39 Å². The van der Waals surface area contributed by atoms with Crippen LogP contribution in [0.1, 0.15) is 41.6 Å². The number of fused-ring (bicyclic) bond motifs is 2. The molecule has 2 aliphatic rings. The number of ether oxygens (including phenoxy) is 1. The van der Waals surface area contributed by atoms with Crippen LogP contribution in [0, 0.1) is 11.7 Å². The van der Waals surface area contributed by atoms with Gasteiger partial charge in [-0.25, -0.2) is 4.39 Å². The van der Waals surface area contributed by atoms with Crippen LogP contribution in [0.3, 0.4) is 0 Å². The second-order valence-corrected chi connectivity index (χ2v) is 9.26. The molecule has 0 aliphatic carbocycles. The lowest BCUT2D eigenvalue weighted by molar-refractivity contribution is -0.138. The second-order valence-electron chi connectivity index (χ2n) is 8.83. The van der Waals surface area contributed by atoms with Crippen LogP contribution in [0.15, 0.2) is 42.5 Å². The van der Waals surface area contributed by atoms with E-state index in [9.17, 15) is 14.0 Å². The summed E-state index contributed by atoms with van der Waals surface area (Å²) >= 11 is 6.05.